The number of nitrogens with one attached hydrogen (secondary N) is 1. The van der Waals surface area contributed by atoms with E-state index in [2.05, 4.69) is 47.8 Å². The fourth-order valence-corrected chi connectivity index (χ4v) is 1.96. The second-order valence-corrected chi connectivity index (χ2v) is 4.44. The lowest BCUT2D eigenvalue weighted by Crippen LogP contribution is -2.13. The van der Waals surface area contributed by atoms with Gasteiger partial charge in [-0.1, -0.05) is 24.3 Å². The Kier molecular flexibility index (Phi) is 3.59. The topological polar surface area (TPSA) is 29.9 Å². The van der Waals surface area contributed by atoms with Crippen molar-refractivity contribution in [2.45, 2.75) is 26.9 Å². The van der Waals surface area contributed by atoms with Crippen LogP contribution in [0.15, 0.2) is 30.5 Å². The van der Waals surface area contributed by atoms with Gasteiger partial charge in [-0.3, -0.25) is 4.68 Å². The Morgan fingerprint density at radius 3 is 2.47 bits per heavy atom. The van der Waals surface area contributed by atoms with Gasteiger partial charge in [0, 0.05) is 31.9 Å². The first kappa shape index (κ1) is 11.9. The van der Waals surface area contributed by atoms with Crippen molar-refractivity contribution in [1.29, 1.82) is 0 Å². The number of hydrogen-bond donors (Lipinski definition) is 1. The van der Waals surface area contributed by atoms with Gasteiger partial charge >= 0.3 is 0 Å². The van der Waals surface area contributed by atoms with Gasteiger partial charge in [0.15, 0.2) is 0 Å². The van der Waals surface area contributed by atoms with Crippen molar-refractivity contribution in [3.63, 3.8) is 0 Å². The Labute approximate surface area is 102 Å². The van der Waals surface area contributed by atoms with Gasteiger partial charge < -0.3 is 5.32 Å². The summed E-state index contributed by atoms with van der Waals surface area (Å²) >= 11 is 0. The summed E-state index contributed by atoms with van der Waals surface area (Å²) in [6.45, 7) is 5.96. The van der Waals surface area contributed by atoms with Crippen molar-refractivity contribution in [2.24, 2.45) is 7.05 Å². The second-order valence-electron chi connectivity index (χ2n) is 4.44. The van der Waals surface area contributed by atoms with Crippen LogP contribution in [0.4, 0.5) is 0 Å². The molecule has 0 spiro atoms. The quantitative estimate of drug-likeness (QED) is 0.872. The van der Waals surface area contributed by atoms with Crippen LogP contribution in [0.1, 0.15) is 22.4 Å². The van der Waals surface area contributed by atoms with Gasteiger partial charge in [-0.25, -0.2) is 0 Å². The van der Waals surface area contributed by atoms with Crippen LogP contribution < -0.4 is 5.32 Å². The Morgan fingerprint density at radius 2 is 1.82 bits per heavy atom. The number of nitrogens with zero attached hydrogens (tertiary/aromatic N) is 2. The predicted octanol–water partition coefficient (Wildman–Crippen LogP) is 2.33. The molecule has 0 fully saturated rings. The third kappa shape index (κ3) is 2.94. The van der Waals surface area contributed by atoms with Crippen molar-refractivity contribution >= 4 is 0 Å². The number of rotatable bonds is 4. The van der Waals surface area contributed by atoms with Crippen LogP contribution in [0.5, 0.6) is 0 Å². The zero-order valence-electron chi connectivity index (χ0n) is 10.7. The zero-order valence-corrected chi connectivity index (χ0v) is 10.7. The summed E-state index contributed by atoms with van der Waals surface area (Å²) in [4.78, 5) is 0. The van der Waals surface area contributed by atoms with Crippen molar-refractivity contribution in [1.82, 2.24) is 15.1 Å². The van der Waals surface area contributed by atoms with Gasteiger partial charge in [0.2, 0.25) is 0 Å². The Balaban J connectivity index is 1.92. The number of benzene rings is 1. The molecule has 0 radical (unpaired) electrons. The van der Waals surface area contributed by atoms with Crippen molar-refractivity contribution < 1.29 is 0 Å². The molecule has 0 bridgehead atoms. The molecule has 0 saturated carbocycles. The molecule has 0 saturated heterocycles. The molecule has 17 heavy (non-hydrogen) atoms. The summed E-state index contributed by atoms with van der Waals surface area (Å²) in [6, 6.07) is 8.47. The van der Waals surface area contributed by atoms with E-state index in [1.54, 1.807) is 0 Å². The Morgan fingerprint density at radius 1 is 1.12 bits per heavy atom. The third-order valence-electron chi connectivity index (χ3n) is 3.01. The molecule has 0 aliphatic heterocycles. The average Bonchev–Trinajstić information content (AvgIpc) is 2.60. The molecule has 0 unspecified atom stereocenters. The van der Waals surface area contributed by atoms with Gasteiger partial charge in [-0.2, -0.15) is 5.10 Å². The first-order valence-electron chi connectivity index (χ1n) is 5.91. The molecule has 2 rings (SSSR count). The molecule has 3 nitrogen and oxygen atoms in total. The summed E-state index contributed by atoms with van der Waals surface area (Å²) in [6.07, 6.45) is 2.07. The molecule has 1 N–H and O–H groups in total. The van der Waals surface area contributed by atoms with Crippen LogP contribution in [-0.2, 0) is 20.1 Å². The minimum atomic E-state index is 0.869. The minimum absolute atomic E-state index is 0.869. The van der Waals surface area contributed by atoms with E-state index in [4.69, 9.17) is 0 Å². The number of hydrogen-bond acceptors (Lipinski definition) is 2. The van der Waals surface area contributed by atoms with E-state index < -0.39 is 0 Å². The number of aryl methyl sites for hydroxylation is 3. The van der Waals surface area contributed by atoms with Crippen LogP contribution in [0, 0.1) is 13.8 Å². The molecule has 90 valence electrons. The van der Waals surface area contributed by atoms with Gasteiger partial charge in [-0.05, 0) is 25.0 Å². The van der Waals surface area contributed by atoms with E-state index >= 15 is 0 Å². The smallest absolute Gasteiger partial charge is 0.0638 e. The molecule has 3 heteroatoms. The maximum Gasteiger partial charge on any atom is 0.0638 e. The summed E-state index contributed by atoms with van der Waals surface area (Å²) in [7, 11) is 1.96. The van der Waals surface area contributed by atoms with E-state index in [1.807, 2.05) is 18.7 Å². The lowest BCUT2D eigenvalue weighted by atomic mass is 10.1. The average molecular weight is 229 g/mol. The zero-order chi connectivity index (χ0) is 12.3. The van der Waals surface area contributed by atoms with Crippen LogP contribution in [0.3, 0.4) is 0 Å². The van der Waals surface area contributed by atoms with E-state index in [9.17, 15) is 0 Å². The fourth-order valence-electron chi connectivity index (χ4n) is 1.96. The molecule has 1 heterocycles. The third-order valence-corrected chi connectivity index (χ3v) is 3.01. The van der Waals surface area contributed by atoms with E-state index in [0.717, 1.165) is 18.8 Å². The fraction of sp³-hybridized carbons (Fsp3) is 0.357. The lowest BCUT2D eigenvalue weighted by molar-refractivity contribution is 0.687. The Bertz CT molecular complexity index is 500. The number of aromatic nitrogens is 2. The standard InChI is InChI=1S/C14H19N3/c1-11-6-4-5-7-13(11)8-15-9-14-10-17(3)16-12(14)2/h4-7,10,15H,8-9H2,1-3H3. The van der Waals surface area contributed by atoms with Gasteiger partial charge in [-0.15, -0.1) is 0 Å². The minimum Gasteiger partial charge on any atom is -0.308 e. The predicted molar refractivity (Wildman–Crippen MR) is 69.7 cm³/mol. The highest BCUT2D eigenvalue weighted by molar-refractivity contribution is 5.25. The van der Waals surface area contributed by atoms with Crippen molar-refractivity contribution in [3.8, 4) is 0 Å². The SMILES string of the molecule is Cc1ccccc1CNCc1cn(C)nc1C. The molecule has 1 aromatic carbocycles. The van der Waals surface area contributed by atoms with Gasteiger partial charge in [0.1, 0.15) is 0 Å². The van der Waals surface area contributed by atoms with Gasteiger partial charge in [0.25, 0.3) is 0 Å². The maximum atomic E-state index is 4.33. The molecule has 1 aromatic heterocycles. The summed E-state index contributed by atoms with van der Waals surface area (Å²) in [5, 5.41) is 7.79. The highest BCUT2D eigenvalue weighted by Crippen LogP contribution is 2.08. The Hall–Kier alpha value is -1.61. The normalized spacial score (nSPS) is 10.8. The second kappa shape index (κ2) is 5.15. The first-order chi connectivity index (χ1) is 8.16. The summed E-state index contributed by atoms with van der Waals surface area (Å²) in [5.41, 5.74) is 5.06. The summed E-state index contributed by atoms with van der Waals surface area (Å²) < 4.78 is 1.86. The molecule has 0 aliphatic rings. The molecule has 0 aliphatic carbocycles. The lowest BCUT2D eigenvalue weighted by Gasteiger charge is -2.06. The van der Waals surface area contributed by atoms with Crippen LogP contribution in [0.2, 0.25) is 0 Å². The van der Waals surface area contributed by atoms with Crippen LogP contribution in [-0.4, -0.2) is 9.78 Å². The van der Waals surface area contributed by atoms with Crippen LogP contribution >= 0.6 is 0 Å². The van der Waals surface area contributed by atoms with Crippen LogP contribution in [0.25, 0.3) is 0 Å². The highest BCUT2D eigenvalue weighted by atomic mass is 15.2. The molecule has 0 atom stereocenters. The van der Waals surface area contributed by atoms with E-state index in [1.165, 1.54) is 16.7 Å². The monoisotopic (exact) mass is 229 g/mol. The highest BCUT2D eigenvalue weighted by Gasteiger charge is 2.02. The first-order valence-corrected chi connectivity index (χ1v) is 5.91. The van der Waals surface area contributed by atoms with Gasteiger partial charge in [0.05, 0.1) is 5.69 Å². The van der Waals surface area contributed by atoms with Crippen molar-refractivity contribution in [3.05, 3.63) is 52.8 Å². The van der Waals surface area contributed by atoms with E-state index in [0.29, 0.717) is 0 Å². The van der Waals surface area contributed by atoms with Crippen molar-refractivity contribution in [2.75, 3.05) is 0 Å². The largest absolute Gasteiger partial charge is 0.308 e. The molecule has 2 aromatic rings. The maximum absolute atomic E-state index is 4.33. The molecular weight excluding hydrogens is 210 g/mol. The summed E-state index contributed by atoms with van der Waals surface area (Å²) in [5.74, 6) is 0. The molecular formula is C14H19N3. The van der Waals surface area contributed by atoms with E-state index in [-0.39, 0.29) is 0 Å². The molecule has 0 amide bonds.